The SMILES string of the molecule is O=C(Oc1ccc2ccc(=O)oc2c1)C1CCCN1C(=O)OCc1ccccc1. The molecular formula is C22H19NO6. The molecule has 1 aromatic heterocycles. The number of carbonyl (C=O) groups is 2. The Morgan fingerprint density at radius 2 is 1.86 bits per heavy atom. The molecule has 0 bridgehead atoms. The van der Waals surface area contributed by atoms with Gasteiger partial charge in [-0.15, -0.1) is 0 Å². The van der Waals surface area contributed by atoms with E-state index in [0.717, 1.165) is 10.9 Å². The average Bonchev–Trinajstić information content (AvgIpc) is 3.23. The molecule has 1 saturated heterocycles. The number of rotatable bonds is 4. The van der Waals surface area contributed by atoms with Gasteiger partial charge in [0.1, 0.15) is 24.0 Å². The molecule has 2 aromatic carbocycles. The highest BCUT2D eigenvalue weighted by atomic mass is 16.6. The molecule has 0 N–H and O–H groups in total. The maximum absolute atomic E-state index is 12.6. The molecule has 0 aliphatic carbocycles. The van der Waals surface area contributed by atoms with Crippen molar-refractivity contribution in [3.8, 4) is 5.75 Å². The first-order valence-electron chi connectivity index (χ1n) is 9.33. The number of nitrogens with zero attached hydrogens (tertiary/aromatic N) is 1. The lowest BCUT2D eigenvalue weighted by Crippen LogP contribution is -2.42. The van der Waals surface area contributed by atoms with E-state index in [4.69, 9.17) is 13.9 Å². The molecule has 1 aliphatic heterocycles. The molecule has 0 radical (unpaired) electrons. The second-order valence-corrected chi connectivity index (χ2v) is 6.77. The monoisotopic (exact) mass is 393 g/mol. The summed E-state index contributed by atoms with van der Waals surface area (Å²) >= 11 is 0. The maximum atomic E-state index is 12.6. The van der Waals surface area contributed by atoms with E-state index in [-0.39, 0.29) is 12.4 Å². The highest BCUT2D eigenvalue weighted by molar-refractivity contribution is 5.85. The summed E-state index contributed by atoms with van der Waals surface area (Å²) < 4.78 is 15.9. The van der Waals surface area contributed by atoms with Gasteiger partial charge in [-0.3, -0.25) is 4.90 Å². The van der Waals surface area contributed by atoms with Crippen LogP contribution in [0.25, 0.3) is 11.0 Å². The van der Waals surface area contributed by atoms with Crippen LogP contribution in [0.3, 0.4) is 0 Å². The molecule has 0 spiro atoms. The minimum atomic E-state index is -0.711. The van der Waals surface area contributed by atoms with Crippen LogP contribution in [0.4, 0.5) is 4.79 Å². The lowest BCUT2D eigenvalue weighted by Gasteiger charge is -2.22. The number of ether oxygens (including phenoxy) is 2. The summed E-state index contributed by atoms with van der Waals surface area (Å²) in [6.45, 7) is 0.571. The molecule has 0 saturated carbocycles. The Bertz CT molecular complexity index is 1090. The standard InChI is InChI=1S/C22H19NO6/c24-20-11-9-16-8-10-17(13-19(16)29-20)28-21(25)18-7-4-12-23(18)22(26)27-14-15-5-2-1-3-6-15/h1-3,5-6,8-11,13,18H,4,7,12,14H2. The van der Waals surface area contributed by atoms with Crippen LogP contribution in [0, 0.1) is 0 Å². The van der Waals surface area contributed by atoms with Crippen LogP contribution in [0.15, 0.2) is 69.9 Å². The molecule has 1 atom stereocenters. The van der Waals surface area contributed by atoms with Crippen LogP contribution in [0.5, 0.6) is 5.75 Å². The van der Waals surface area contributed by atoms with Gasteiger partial charge in [-0.2, -0.15) is 0 Å². The summed E-state index contributed by atoms with van der Waals surface area (Å²) in [5.74, 6) is -0.293. The van der Waals surface area contributed by atoms with Crippen molar-refractivity contribution in [2.45, 2.75) is 25.5 Å². The van der Waals surface area contributed by atoms with Crippen LogP contribution in [0.2, 0.25) is 0 Å². The summed E-state index contributed by atoms with van der Waals surface area (Å²) in [5.41, 5.74) is 0.717. The number of amides is 1. The van der Waals surface area contributed by atoms with Crippen molar-refractivity contribution in [1.82, 2.24) is 4.90 Å². The number of carbonyl (C=O) groups excluding carboxylic acids is 2. The highest BCUT2D eigenvalue weighted by Crippen LogP contribution is 2.24. The highest BCUT2D eigenvalue weighted by Gasteiger charge is 2.36. The number of fused-ring (bicyclic) bond motifs is 1. The predicted octanol–water partition coefficient (Wildman–Crippen LogP) is 3.50. The van der Waals surface area contributed by atoms with Gasteiger partial charge in [-0.05, 0) is 36.6 Å². The summed E-state index contributed by atoms with van der Waals surface area (Å²) in [5, 5.41) is 0.719. The molecule has 1 aliphatic rings. The third kappa shape index (κ3) is 4.29. The van der Waals surface area contributed by atoms with E-state index in [1.807, 2.05) is 30.3 Å². The summed E-state index contributed by atoms with van der Waals surface area (Å²) in [4.78, 5) is 37.9. The van der Waals surface area contributed by atoms with Gasteiger partial charge in [-0.1, -0.05) is 30.3 Å². The fourth-order valence-corrected chi connectivity index (χ4v) is 3.32. The summed E-state index contributed by atoms with van der Waals surface area (Å²) in [6, 6.07) is 16.4. The van der Waals surface area contributed by atoms with Crippen LogP contribution in [-0.2, 0) is 16.1 Å². The smallest absolute Gasteiger partial charge is 0.410 e. The van der Waals surface area contributed by atoms with Gasteiger partial charge in [0.15, 0.2) is 0 Å². The molecule has 1 unspecified atom stereocenters. The Morgan fingerprint density at radius 1 is 1.07 bits per heavy atom. The molecule has 148 valence electrons. The van der Waals surface area contributed by atoms with E-state index < -0.39 is 23.7 Å². The number of hydrogen-bond acceptors (Lipinski definition) is 6. The van der Waals surface area contributed by atoms with Gasteiger partial charge in [0.25, 0.3) is 0 Å². The normalized spacial score (nSPS) is 16.0. The van der Waals surface area contributed by atoms with E-state index in [1.165, 1.54) is 17.0 Å². The maximum Gasteiger partial charge on any atom is 0.410 e. The Labute approximate surface area is 166 Å². The van der Waals surface area contributed by atoms with Crippen LogP contribution >= 0.6 is 0 Å². The van der Waals surface area contributed by atoms with Crippen LogP contribution in [0.1, 0.15) is 18.4 Å². The van der Waals surface area contributed by atoms with Crippen molar-refractivity contribution in [1.29, 1.82) is 0 Å². The van der Waals surface area contributed by atoms with Crippen molar-refractivity contribution < 1.29 is 23.5 Å². The van der Waals surface area contributed by atoms with Crippen molar-refractivity contribution in [3.05, 3.63) is 76.6 Å². The molecular weight excluding hydrogens is 374 g/mol. The van der Waals surface area contributed by atoms with Gasteiger partial charge in [0.05, 0.1) is 0 Å². The van der Waals surface area contributed by atoms with Gasteiger partial charge in [0, 0.05) is 24.1 Å². The van der Waals surface area contributed by atoms with E-state index in [1.54, 1.807) is 18.2 Å². The molecule has 29 heavy (non-hydrogen) atoms. The zero-order chi connectivity index (χ0) is 20.2. The third-order valence-corrected chi connectivity index (χ3v) is 4.78. The van der Waals surface area contributed by atoms with E-state index in [2.05, 4.69) is 0 Å². The molecule has 3 aromatic rings. The van der Waals surface area contributed by atoms with Gasteiger partial charge >= 0.3 is 17.7 Å². The summed E-state index contributed by atoms with van der Waals surface area (Å²) in [6.07, 6.45) is 0.646. The van der Waals surface area contributed by atoms with Crippen LogP contribution < -0.4 is 10.4 Å². The molecule has 7 nitrogen and oxygen atoms in total. The lowest BCUT2D eigenvalue weighted by molar-refractivity contribution is -0.139. The molecule has 7 heteroatoms. The minimum absolute atomic E-state index is 0.141. The Balaban J connectivity index is 1.42. The minimum Gasteiger partial charge on any atom is -0.445 e. The molecule has 1 amide bonds. The van der Waals surface area contributed by atoms with Gasteiger partial charge < -0.3 is 13.9 Å². The largest absolute Gasteiger partial charge is 0.445 e. The quantitative estimate of drug-likeness (QED) is 0.383. The average molecular weight is 393 g/mol. The van der Waals surface area contributed by atoms with Crippen molar-refractivity contribution in [2.24, 2.45) is 0 Å². The third-order valence-electron chi connectivity index (χ3n) is 4.78. The number of likely N-dealkylation sites (tertiary alicyclic amines) is 1. The second-order valence-electron chi connectivity index (χ2n) is 6.77. The Hall–Kier alpha value is -3.61. The first-order valence-corrected chi connectivity index (χ1v) is 9.33. The van der Waals surface area contributed by atoms with Crippen LogP contribution in [-0.4, -0.2) is 29.5 Å². The summed E-state index contributed by atoms with van der Waals surface area (Å²) in [7, 11) is 0. The van der Waals surface area contributed by atoms with Crippen molar-refractivity contribution >= 4 is 23.0 Å². The Morgan fingerprint density at radius 3 is 2.69 bits per heavy atom. The topological polar surface area (TPSA) is 86.1 Å². The number of benzene rings is 2. The lowest BCUT2D eigenvalue weighted by atomic mass is 10.2. The Kier molecular flexibility index (Phi) is 5.29. The number of hydrogen-bond donors (Lipinski definition) is 0. The van der Waals surface area contributed by atoms with E-state index in [0.29, 0.717) is 25.0 Å². The first-order chi connectivity index (χ1) is 14.1. The van der Waals surface area contributed by atoms with Crippen molar-refractivity contribution in [2.75, 3.05) is 6.54 Å². The van der Waals surface area contributed by atoms with E-state index in [9.17, 15) is 14.4 Å². The predicted molar refractivity (Wildman–Crippen MR) is 104 cm³/mol. The van der Waals surface area contributed by atoms with Crippen molar-refractivity contribution in [3.63, 3.8) is 0 Å². The van der Waals surface area contributed by atoms with Gasteiger partial charge in [-0.25, -0.2) is 14.4 Å². The zero-order valence-corrected chi connectivity index (χ0v) is 15.6. The first kappa shape index (κ1) is 18.7. The molecule has 1 fully saturated rings. The van der Waals surface area contributed by atoms with Gasteiger partial charge in [0.2, 0.25) is 0 Å². The number of esters is 1. The second kappa shape index (κ2) is 8.18. The molecule has 2 heterocycles. The van der Waals surface area contributed by atoms with E-state index >= 15 is 0 Å². The fraction of sp³-hybridized carbons (Fsp3) is 0.227. The zero-order valence-electron chi connectivity index (χ0n) is 15.6. The fourth-order valence-electron chi connectivity index (χ4n) is 3.32. The molecule has 4 rings (SSSR count).